The van der Waals surface area contributed by atoms with Crippen LogP contribution >= 0.6 is 22.9 Å². The summed E-state index contributed by atoms with van der Waals surface area (Å²) in [6, 6.07) is 23.2. The van der Waals surface area contributed by atoms with E-state index >= 15 is 0 Å². The van der Waals surface area contributed by atoms with Crippen LogP contribution in [-0.2, 0) is 16.4 Å². The number of nitrogens with one attached hydrogen (secondary N) is 1. The van der Waals surface area contributed by atoms with Crippen LogP contribution in [0.15, 0.2) is 94.4 Å². The Labute approximate surface area is 216 Å². The maximum atomic E-state index is 12.9. The number of hydrogen-bond acceptors (Lipinski definition) is 6. The third-order valence-corrected chi connectivity index (χ3v) is 8.02. The van der Waals surface area contributed by atoms with Gasteiger partial charge in [-0.3, -0.25) is 4.79 Å². The van der Waals surface area contributed by atoms with Crippen molar-refractivity contribution in [3.63, 3.8) is 0 Å². The van der Waals surface area contributed by atoms with Gasteiger partial charge in [-0.15, -0.1) is 11.3 Å². The molecule has 0 radical (unpaired) electrons. The molecule has 0 aliphatic carbocycles. The van der Waals surface area contributed by atoms with E-state index in [0.717, 1.165) is 15.3 Å². The lowest BCUT2D eigenvalue weighted by Gasteiger charge is -2.08. The Morgan fingerprint density at radius 3 is 2.58 bits per heavy atom. The number of rotatable bonds is 7. The van der Waals surface area contributed by atoms with Crippen molar-refractivity contribution in [1.29, 1.82) is 0 Å². The summed E-state index contributed by atoms with van der Waals surface area (Å²) >= 11 is 7.93. The first kappa shape index (κ1) is 24.1. The lowest BCUT2D eigenvalue weighted by molar-refractivity contribution is 0.0942. The maximum absolute atomic E-state index is 12.9. The summed E-state index contributed by atoms with van der Waals surface area (Å²) in [4.78, 5) is 14.9. The van der Waals surface area contributed by atoms with E-state index < -0.39 is 9.84 Å². The molecule has 3 heterocycles. The van der Waals surface area contributed by atoms with E-state index in [0.29, 0.717) is 22.2 Å². The van der Waals surface area contributed by atoms with Crippen molar-refractivity contribution >= 4 is 38.7 Å². The van der Waals surface area contributed by atoms with Crippen LogP contribution in [0, 0.1) is 0 Å². The number of benzene rings is 2. The highest BCUT2D eigenvalue weighted by Gasteiger charge is 2.20. The Morgan fingerprint density at radius 2 is 1.83 bits per heavy atom. The van der Waals surface area contributed by atoms with Gasteiger partial charge in [-0.05, 0) is 60.2 Å². The predicted molar refractivity (Wildman–Crippen MR) is 140 cm³/mol. The number of hydrogen-bond donors (Lipinski definition) is 1. The van der Waals surface area contributed by atoms with Crippen molar-refractivity contribution < 1.29 is 17.6 Å². The molecule has 1 N–H and O–H groups in total. The van der Waals surface area contributed by atoms with Gasteiger partial charge in [-0.2, -0.15) is 5.10 Å². The Kier molecular flexibility index (Phi) is 6.53. The second-order valence-corrected chi connectivity index (χ2v) is 11.5. The molecule has 0 bridgehead atoms. The summed E-state index contributed by atoms with van der Waals surface area (Å²) in [5.74, 6) is 0.282. The maximum Gasteiger partial charge on any atom is 0.272 e. The Hall–Kier alpha value is -3.66. The fraction of sp³-hybridized carbons (Fsp3) is 0.0769. The van der Waals surface area contributed by atoms with Crippen LogP contribution < -0.4 is 5.32 Å². The Bertz CT molecular complexity index is 1650. The van der Waals surface area contributed by atoms with Crippen molar-refractivity contribution in [3.8, 4) is 26.7 Å². The summed E-state index contributed by atoms with van der Waals surface area (Å²) < 4.78 is 30.9. The minimum absolute atomic E-state index is 0.227. The highest BCUT2D eigenvalue weighted by Crippen LogP contribution is 2.37. The Balaban J connectivity index is 1.53. The van der Waals surface area contributed by atoms with Gasteiger partial charge in [0.2, 0.25) is 0 Å². The molecule has 0 spiro atoms. The van der Waals surface area contributed by atoms with Crippen molar-refractivity contribution in [1.82, 2.24) is 15.1 Å². The average molecular weight is 538 g/mol. The quantitative estimate of drug-likeness (QED) is 0.281. The van der Waals surface area contributed by atoms with Gasteiger partial charge in [-0.1, -0.05) is 35.9 Å². The number of aromatic nitrogens is 2. The SMILES string of the molecule is CS(=O)(=O)c1cccc(-c2ccc(-c3cc(C(=O)NCc4ccco4)nn3-c3ccccc3Cl)s2)c1. The van der Waals surface area contributed by atoms with Crippen molar-refractivity contribution in [2.24, 2.45) is 0 Å². The summed E-state index contributed by atoms with van der Waals surface area (Å²) in [7, 11) is -3.33. The molecule has 0 saturated carbocycles. The number of thiophene rings is 1. The van der Waals surface area contributed by atoms with Gasteiger partial charge < -0.3 is 9.73 Å². The van der Waals surface area contributed by atoms with Crippen molar-refractivity contribution in [2.45, 2.75) is 11.4 Å². The molecule has 0 aliphatic heterocycles. The van der Waals surface area contributed by atoms with Crippen LogP contribution in [0.25, 0.3) is 26.7 Å². The molecule has 182 valence electrons. The number of amides is 1. The molecule has 0 unspecified atom stereocenters. The normalized spacial score (nSPS) is 11.5. The van der Waals surface area contributed by atoms with Crippen molar-refractivity contribution in [2.75, 3.05) is 6.26 Å². The predicted octanol–water partition coefficient (Wildman–Crippen LogP) is 5.85. The molecular formula is C26H20ClN3O4S2. The molecule has 2 aromatic carbocycles. The molecule has 5 aromatic rings. The van der Waals surface area contributed by atoms with E-state index in [1.165, 1.54) is 17.6 Å². The van der Waals surface area contributed by atoms with Gasteiger partial charge in [-0.25, -0.2) is 13.1 Å². The molecule has 1 amide bonds. The summed E-state index contributed by atoms with van der Waals surface area (Å²) in [5.41, 5.74) is 2.33. The van der Waals surface area contributed by atoms with E-state index in [2.05, 4.69) is 10.4 Å². The monoisotopic (exact) mass is 537 g/mol. The van der Waals surface area contributed by atoms with Crippen LogP contribution in [-0.4, -0.2) is 30.4 Å². The zero-order valence-corrected chi connectivity index (χ0v) is 21.4. The van der Waals surface area contributed by atoms with E-state index in [1.54, 1.807) is 53.4 Å². The van der Waals surface area contributed by atoms with Crippen LogP contribution in [0.5, 0.6) is 0 Å². The molecule has 5 rings (SSSR count). The minimum atomic E-state index is -3.33. The van der Waals surface area contributed by atoms with Crippen molar-refractivity contribution in [3.05, 3.63) is 102 Å². The molecule has 0 aliphatic rings. The van der Waals surface area contributed by atoms with E-state index in [9.17, 15) is 13.2 Å². The largest absolute Gasteiger partial charge is 0.467 e. The first-order chi connectivity index (χ1) is 17.3. The number of nitrogens with zero attached hydrogens (tertiary/aromatic N) is 2. The fourth-order valence-electron chi connectivity index (χ4n) is 3.66. The van der Waals surface area contributed by atoms with E-state index in [-0.39, 0.29) is 23.0 Å². The standard InChI is InChI=1S/C26H20ClN3O4S2/c1-36(32,33)19-8-4-6-17(14-19)24-11-12-25(35-24)23-15-21(26(31)28-16-18-7-5-13-34-18)29-30(23)22-10-3-2-9-20(22)27/h2-15H,16H2,1H3,(H,28,31). The summed E-state index contributed by atoms with van der Waals surface area (Å²) in [5, 5.41) is 7.87. The molecular weight excluding hydrogens is 518 g/mol. The zero-order chi connectivity index (χ0) is 25.3. The van der Waals surface area contributed by atoms with E-state index in [4.69, 9.17) is 16.0 Å². The smallest absolute Gasteiger partial charge is 0.272 e. The molecule has 0 fully saturated rings. The Morgan fingerprint density at radius 1 is 1.03 bits per heavy atom. The second-order valence-electron chi connectivity index (χ2n) is 8.00. The van der Waals surface area contributed by atoms with Gasteiger partial charge in [0.1, 0.15) is 5.76 Å². The fourth-order valence-corrected chi connectivity index (χ4v) is 5.54. The third kappa shape index (κ3) is 4.99. The molecule has 10 heteroatoms. The second kappa shape index (κ2) is 9.77. The lowest BCUT2D eigenvalue weighted by Crippen LogP contribution is -2.23. The van der Waals surface area contributed by atoms with Crippen LogP contribution in [0.2, 0.25) is 5.02 Å². The average Bonchev–Trinajstić information content (AvgIpc) is 3.63. The van der Waals surface area contributed by atoms with Crippen LogP contribution in [0.3, 0.4) is 0 Å². The summed E-state index contributed by atoms with van der Waals surface area (Å²) in [6.45, 7) is 0.236. The first-order valence-corrected chi connectivity index (χ1v) is 13.9. The number of halogens is 1. The number of para-hydroxylation sites is 1. The number of carbonyl (C=O) groups excluding carboxylic acids is 1. The molecule has 36 heavy (non-hydrogen) atoms. The lowest BCUT2D eigenvalue weighted by atomic mass is 10.2. The number of furan rings is 1. The highest BCUT2D eigenvalue weighted by atomic mass is 35.5. The van der Waals surface area contributed by atoms with E-state index in [1.807, 2.05) is 36.4 Å². The minimum Gasteiger partial charge on any atom is -0.467 e. The highest BCUT2D eigenvalue weighted by molar-refractivity contribution is 7.90. The molecule has 3 aromatic heterocycles. The number of carbonyl (C=O) groups is 1. The third-order valence-electron chi connectivity index (χ3n) is 5.43. The zero-order valence-electron chi connectivity index (χ0n) is 19.0. The van der Waals surface area contributed by atoms with Crippen LogP contribution in [0.1, 0.15) is 16.2 Å². The topological polar surface area (TPSA) is 94.2 Å². The summed E-state index contributed by atoms with van der Waals surface area (Å²) in [6.07, 6.45) is 2.73. The molecule has 0 atom stereocenters. The first-order valence-electron chi connectivity index (χ1n) is 10.9. The molecule has 0 saturated heterocycles. The van der Waals surface area contributed by atoms with Gasteiger partial charge in [0.15, 0.2) is 15.5 Å². The van der Waals surface area contributed by atoms with Crippen LogP contribution in [0.4, 0.5) is 0 Å². The van der Waals surface area contributed by atoms with Gasteiger partial charge in [0.05, 0.1) is 39.0 Å². The molecule has 7 nitrogen and oxygen atoms in total. The van der Waals surface area contributed by atoms with Gasteiger partial charge in [0, 0.05) is 11.1 Å². The number of sulfone groups is 1. The van der Waals surface area contributed by atoms with Gasteiger partial charge >= 0.3 is 0 Å². The van der Waals surface area contributed by atoms with Gasteiger partial charge in [0.25, 0.3) is 5.91 Å².